The van der Waals surface area contributed by atoms with Gasteiger partial charge in [-0.3, -0.25) is 0 Å². The summed E-state index contributed by atoms with van der Waals surface area (Å²) in [5.74, 6) is 0.311. The summed E-state index contributed by atoms with van der Waals surface area (Å²) in [6.45, 7) is 9.50. The van der Waals surface area contributed by atoms with Gasteiger partial charge in [-0.25, -0.2) is 8.42 Å². The highest BCUT2D eigenvalue weighted by atomic mass is 32.2. The predicted molar refractivity (Wildman–Crippen MR) is 83.2 cm³/mol. The maximum Gasteiger partial charge on any atom is 0.243 e. The second-order valence-corrected chi connectivity index (χ2v) is 7.39. The molecule has 0 saturated carbocycles. The summed E-state index contributed by atoms with van der Waals surface area (Å²) in [5, 5.41) is 3.05. The van der Waals surface area contributed by atoms with Crippen molar-refractivity contribution >= 4 is 10.0 Å². The molecule has 0 unspecified atom stereocenters. The van der Waals surface area contributed by atoms with Gasteiger partial charge >= 0.3 is 0 Å². The third-order valence-corrected chi connectivity index (χ3v) is 5.26. The van der Waals surface area contributed by atoms with E-state index < -0.39 is 10.0 Å². The molecule has 0 atom stereocenters. The smallest absolute Gasteiger partial charge is 0.243 e. The zero-order chi connectivity index (χ0) is 15.3. The number of nitrogens with one attached hydrogen (secondary N) is 1. The lowest BCUT2D eigenvalue weighted by molar-refractivity contribution is 0.380. The Morgan fingerprint density at radius 1 is 1.30 bits per heavy atom. The standard InChI is InChI=1S/C15H26N2O2S/c1-6-17(11-12(2)3)20(18,19)15-9-14(10-16-5)8-7-13(15)4/h7-9,12,16H,6,10-11H2,1-5H3. The van der Waals surface area contributed by atoms with E-state index in [-0.39, 0.29) is 0 Å². The number of hydrogen-bond acceptors (Lipinski definition) is 3. The van der Waals surface area contributed by atoms with Gasteiger partial charge in [-0.15, -0.1) is 0 Å². The topological polar surface area (TPSA) is 49.4 Å². The fourth-order valence-corrected chi connectivity index (χ4v) is 4.07. The zero-order valence-electron chi connectivity index (χ0n) is 13.1. The second kappa shape index (κ2) is 7.20. The summed E-state index contributed by atoms with van der Waals surface area (Å²) >= 11 is 0. The maximum atomic E-state index is 12.8. The lowest BCUT2D eigenvalue weighted by atomic mass is 10.1. The van der Waals surface area contributed by atoms with Crippen molar-refractivity contribution in [2.75, 3.05) is 20.1 Å². The third kappa shape index (κ3) is 4.04. The molecule has 0 radical (unpaired) electrons. The van der Waals surface area contributed by atoms with E-state index in [0.717, 1.165) is 11.1 Å². The van der Waals surface area contributed by atoms with Crippen LogP contribution in [0.4, 0.5) is 0 Å². The zero-order valence-corrected chi connectivity index (χ0v) is 13.9. The van der Waals surface area contributed by atoms with Gasteiger partial charge in [0.05, 0.1) is 4.90 Å². The lowest BCUT2D eigenvalue weighted by Gasteiger charge is -2.23. The largest absolute Gasteiger partial charge is 0.316 e. The van der Waals surface area contributed by atoms with E-state index in [1.807, 2.05) is 46.9 Å². The molecule has 1 N–H and O–H groups in total. The van der Waals surface area contributed by atoms with Crippen LogP contribution in [0.5, 0.6) is 0 Å². The first-order valence-corrected chi connectivity index (χ1v) is 8.51. The molecular formula is C15H26N2O2S. The van der Waals surface area contributed by atoms with Gasteiger partial charge in [0.2, 0.25) is 10.0 Å². The van der Waals surface area contributed by atoms with Crippen molar-refractivity contribution in [3.63, 3.8) is 0 Å². The van der Waals surface area contributed by atoms with Gasteiger partial charge in [-0.1, -0.05) is 32.9 Å². The van der Waals surface area contributed by atoms with Crippen LogP contribution in [0.3, 0.4) is 0 Å². The van der Waals surface area contributed by atoms with E-state index in [9.17, 15) is 8.42 Å². The Labute approximate surface area is 123 Å². The lowest BCUT2D eigenvalue weighted by Crippen LogP contribution is -2.34. The Hall–Kier alpha value is -0.910. The van der Waals surface area contributed by atoms with Crippen LogP contribution in [-0.4, -0.2) is 32.9 Å². The van der Waals surface area contributed by atoms with Crippen molar-refractivity contribution in [3.05, 3.63) is 29.3 Å². The van der Waals surface area contributed by atoms with Crippen LogP contribution in [-0.2, 0) is 16.6 Å². The summed E-state index contributed by atoms with van der Waals surface area (Å²) < 4.78 is 27.1. The molecule has 0 spiro atoms. The van der Waals surface area contributed by atoms with Crippen molar-refractivity contribution in [3.8, 4) is 0 Å². The van der Waals surface area contributed by atoms with Crippen molar-refractivity contribution < 1.29 is 8.42 Å². The molecule has 0 aliphatic rings. The SMILES string of the molecule is CCN(CC(C)C)S(=O)(=O)c1cc(CNC)ccc1C. The molecule has 1 aromatic rings. The number of benzene rings is 1. The van der Waals surface area contributed by atoms with E-state index in [0.29, 0.717) is 30.4 Å². The van der Waals surface area contributed by atoms with E-state index in [4.69, 9.17) is 0 Å². The van der Waals surface area contributed by atoms with Crippen LogP contribution in [0.15, 0.2) is 23.1 Å². The van der Waals surface area contributed by atoms with E-state index in [1.54, 1.807) is 10.4 Å². The Morgan fingerprint density at radius 3 is 2.45 bits per heavy atom. The maximum absolute atomic E-state index is 12.8. The molecule has 0 amide bonds. The minimum atomic E-state index is -3.41. The molecular weight excluding hydrogens is 272 g/mol. The number of sulfonamides is 1. The minimum absolute atomic E-state index is 0.311. The molecule has 114 valence electrons. The molecule has 20 heavy (non-hydrogen) atoms. The van der Waals surface area contributed by atoms with Crippen molar-refractivity contribution in [1.29, 1.82) is 0 Å². The molecule has 0 fully saturated rings. The van der Waals surface area contributed by atoms with Gasteiger partial charge < -0.3 is 5.32 Å². The van der Waals surface area contributed by atoms with Gasteiger partial charge in [0.1, 0.15) is 0 Å². The Kier molecular flexibility index (Phi) is 6.17. The number of aryl methyl sites for hydroxylation is 1. The number of nitrogens with zero attached hydrogens (tertiary/aromatic N) is 1. The predicted octanol–water partition coefficient (Wildman–Crippen LogP) is 2.38. The van der Waals surface area contributed by atoms with E-state index in [2.05, 4.69) is 5.32 Å². The fraction of sp³-hybridized carbons (Fsp3) is 0.600. The highest BCUT2D eigenvalue weighted by molar-refractivity contribution is 7.89. The highest BCUT2D eigenvalue weighted by Gasteiger charge is 2.25. The average Bonchev–Trinajstić information content (AvgIpc) is 2.38. The Bertz CT molecular complexity index is 539. The summed E-state index contributed by atoms with van der Waals surface area (Å²) in [6, 6.07) is 5.62. The molecule has 0 aliphatic heterocycles. The average molecular weight is 298 g/mol. The van der Waals surface area contributed by atoms with Crippen molar-refractivity contribution in [2.45, 2.75) is 39.1 Å². The minimum Gasteiger partial charge on any atom is -0.316 e. The molecule has 0 bridgehead atoms. The molecule has 0 saturated heterocycles. The first-order chi connectivity index (χ1) is 9.32. The summed E-state index contributed by atoms with van der Waals surface area (Å²) in [4.78, 5) is 0.424. The van der Waals surface area contributed by atoms with Gasteiger partial charge in [-0.05, 0) is 37.1 Å². The third-order valence-electron chi connectivity index (χ3n) is 3.17. The quantitative estimate of drug-likeness (QED) is 0.841. The normalized spacial score (nSPS) is 12.3. The van der Waals surface area contributed by atoms with Crippen molar-refractivity contribution in [2.24, 2.45) is 5.92 Å². The highest BCUT2D eigenvalue weighted by Crippen LogP contribution is 2.22. The Balaban J connectivity index is 3.22. The fourth-order valence-electron chi connectivity index (χ4n) is 2.18. The first kappa shape index (κ1) is 17.1. The monoisotopic (exact) mass is 298 g/mol. The van der Waals surface area contributed by atoms with Crippen LogP contribution in [0.2, 0.25) is 0 Å². The summed E-state index contributed by atoms with van der Waals surface area (Å²) in [7, 11) is -1.56. The van der Waals surface area contributed by atoms with Gasteiger partial charge in [0.15, 0.2) is 0 Å². The van der Waals surface area contributed by atoms with Crippen LogP contribution < -0.4 is 5.32 Å². The molecule has 0 aromatic heterocycles. The van der Waals surface area contributed by atoms with Crippen LogP contribution in [0.25, 0.3) is 0 Å². The molecule has 1 aromatic carbocycles. The van der Waals surface area contributed by atoms with Crippen LogP contribution >= 0.6 is 0 Å². The van der Waals surface area contributed by atoms with Gasteiger partial charge in [0, 0.05) is 19.6 Å². The summed E-state index contributed by atoms with van der Waals surface area (Å²) in [5.41, 5.74) is 1.78. The van der Waals surface area contributed by atoms with Crippen molar-refractivity contribution in [1.82, 2.24) is 9.62 Å². The Morgan fingerprint density at radius 2 is 1.95 bits per heavy atom. The second-order valence-electron chi connectivity index (χ2n) is 5.48. The number of rotatable bonds is 7. The van der Waals surface area contributed by atoms with Crippen LogP contribution in [0, 0.1) is 12.8 Å². The van der Waals surface area contributed by atoms with E-state index >= 15 is 0 Å². The molecule has 0 heterocycles. The van der Waals surface area contributed by atoms with Gasteiger partial charge in [0.25, 0.3) is 0 Å². The molecule has 4 nitrogen and oxygen atoms in total. The number of hydrogen-bond donors (Lipinski definition) is 1. The molecule has 1 rings (SSSR count). The molecule has 5 heteroatoms. The van der Waals surface area contributed by atoms with Gasteiger partial charge in [-0.2, -0.15) is 4.31 Å². The van der Waals surface area contributed by atoms with Crippen LogP contribution in [0.1, 0.15) is 31.9 Å². The summed E-state index contributed by atoms with van der Waals surface area (Å²) in [6.07, 6.45) is 0. The van der Waals surface area contributed by atoms with E-state index in [1.165, 1.54) is 0 Å². The molecule has 0 aliphatic carbocycles. The first-order valence-electron chi connectivity index (χ1n) is 7.07.